The largest absolute Gasteiger partial charge is 0.506 e. The molecule has 130 valence electrons. The molecule has 2 N–H and O–H groups in total. The fourth-order valence-corrected chi connectivity index (χ4v) is 3.12. The van der Waals surface area contributed by atoms with Crippen LogP contribution in [-0.2, 0) is 0 Å². The maximum Gasteiger partial charge on any atom is 0.141 e. The molecule has 2 aromatic carbocycles. The van der Waals surface area contributed by atoms with Gasteiger partial charge in [0.05, 0.1) is 11.8 Å². The van der Waals surface area contributed by atoms with Gasteiger partial charge in [-0.3, -0.25) is 0 Å². The highest BCUT2D eigenvalue weighted by molar-refractivity contribution is 5.89. The Bertz CT molecular complexity index is 845. The Morgan fingerprint density at radius 2 is 1.72 bits per heavy atom. The third-order valence-electron chi connectivity index (χ3n) is 4.60. The van der Waals surface area contributed by atoms with E-state index in [-0.39, 0.29) is 5.75 Å². The zero-order valence-corrected chi connectivity index (χ0v) is 14.7. The first-order valence-corrected chi connectivity index (χ1v) is 8.72. The van der Waals surface area contributed by atoms with Crippen molar-refractivity contribution in [2.75, 3.05) is 19.6 Å². The van der Waals surface area contributed by atoms with E-state index in [1.54, 1.807) is 12.1 Å². The molecule has 3 aromatic rings. The summed E-state index contributed by atoms with van der Waals surface area (Å²) in [7, 11) is 0. The number of fused-ring (bicyclic) bond motifs is 1. The van der Waals surface area contributed by atoms with Gasteiger partial charge in [-0.15, -0.1) is 0 Å². The van der Waals surface area contributed by atoms with Crippen LogP contribution in [0, 0.1) is 0 Å². The van der Waals surface area contributed by atoms with E-state index in [2.05, 4.69) is 23.7 Å². The lowest BCUT2D eigenvalue weighted by molar-refractivity contribution is 0.120. The number of hydrogen-bond donors (Lipinski definition) is 2. The number of phenols is 1. The van der Waals surface area contributed by atoms with Crippen LogP contribution in [-0.4, -0.2) is 39.7 Å². The maximum absolute atomic E-state index is 10.9. The molecule has 1 atom stereocenters. The third kappa shape index (κ3) is 3.65. The molecule has 0 bridgehead atoms. The summed E-state index contributed by atoms with van der Waals surface area (Å²) in [6.45, 7) is 6.49. The molecule has 0 saturated heterocycles. The summed E-state index contributed by atoms with van der Waals surface area (Å²) >= 11 is 0. The number of benzene rings is 2. The average Bonchev–Trinajstić information content (AvgIpc) is 2.66. The Hall–Kier alpha value is -2.43. The van der Waals surface area contributed by atoms with Gasteiger partial charge in [0.15, 0.2) is 0 Å². The second-order valence-electron chi connectivity index (χ2n) is 6.14. The molecule has 1 aromatic heterocycles. The van der Waals surface area contributed by atoms with E-state index < -0.39 is 6.10 Å². The fourth-order valence-electron chi connectivity index (χ4n) is 3.12. The second kappa shape index (κ2) is 7.64. The van der Waals surface area contributed by atoms with Crippen molar-refractivity contribution in [3.05, 3.63) is 60.2 Å². The number of hydrogen-bond acceptors (Lipinski definition) is 4. The van der Waals surface area contributed by atoms with E-state index in [1.807, 2.05) is 42.5 Å². The number of aliphatic hydroxyl groups excluding tert-OH is 1. The molecule has 25 heavy (non-hydrogen) atoms. The van der Waals surface area contributed by atoms with Gasteiger partial charge >= 0.3 is 0 Å². The predicted molar refractivity (Wildman–Crippen MR) is 102 cm³/mol. The van der Waals surface area contributed by atoms with Crippen molar-refractivity contribution < 1.29 is 10.2 Å². The molecular weight excluding hydrogens is 312 g/mol. The summed E-state index contributed by atoms with van der Waals surface area (Å²) in [6.07, 6.45) is -0.644. The Kier molecular flexibility index (Phi) is 5.31. The first-order valence-electron chi connectivity index (χ1n) is 8.72. The van der Waals surface area contributed by atoms with Gasteiger partial charge in [-0.25, -0.2) is 4.98 Å². The van der Waals surface area contributed by atoms with Crippen molar-refractivity contribution in [2.45, 2.75) is 20.0 Å². The number of rotatable bonds is 6. The van der Waals surface area contributed by atoms with Crippen LogP contribution >= 0.6 is 0 Å². The van der Waals surface area contributed by atoms with Crippen LogP contribution in [0.3, 0.4) is 0 Å². The highest BCUT2D eigenvalue weighted by atomic mass is 16.3. The van der Waals surface area contributed by atoms with E-state index in [1.165, 1.54) is 0 Å². The van der Waals surface area contributed by atoms with Gasteiger partial charge in [0.25, 0.3) is 0 Å². The SMILES string of the molecule is CCN(CC)CC(O)c1cc(-c2ccccc2)nc2c(O)cccc12. The van der Waals surface area contributed by atoms with Crippen LogP contribution in [0.5, 0.6) is 5.75 Å². The molecule has 3 rings (SSSR count). The molecule has 1 heterocycles. The number of likely N-dealkylation sites (N-methyl/N-ethyl adjacent to an activating group) is 1. The van der Waals surface area contributed by atoms with Gasteiger partial charge in [0, 0.05) is 17.5 Å². The summed E-state index contributed by atoms with van der Waals surface area (Å²) in [5.41, 5.74) is 3.04. The summed E-state index contributed by atoms with van der Waals surface area (Å²) in [5, 5.41) is 21.9. The summed E-state index contributed by atoms with van der Waals surface area (Å²) in [6, 6.07) is 17.1. The molecule has 0 aliphatic heterocycles. The van der Waals surface area contributed by atoms with Crippen molar-refractivity contribution in [2.24, 2.45) is 0 Å². The summed E-state index contributed by atoms with van der Waals surface area (Å²) in [5.74, 6) is 0.131. The Morgan fingerprint density at radius 3 is 2.40 bits per heavy atom. The number of aromatic hydroxyl groups is 1. The van der Waals surface area contributed by atoms with Crippen LogP contribution in [0.4, 0.5) is 0 Å². The number of pyridine rings is 1. The number of phenolic OH excluding ortho intramolecular Hbond substituents is 1. The van der Waals surface area contributed by atoms with Gasteiger partial charge in [-0.2, -0.15) is 0 Å². The van der Waals surface area contributed by atoms with Crippen LogP contribution < -0.4 is 0 Å². The minimum atomic E-state index is -0.644. The quantitative estimate of drug-likeness (QED) is 0.715. The molecule has 0 aliphatic carbocycles. The van der Waals surface area contributed by atoms with Gasteiger partial charge in [0.2, 0.25) is 0 Å². The van der Waals surface area contributed by atoms with E-state index in [0.29, 0.717) is 12.1 Å². The maximum atomic E-state index is 10.9. The van der Waals surface area contributed by atoms with E-state index in [4.69, 9.17) is 0 Å². The number of aliphatic hydroxyl groups is 1. The molecule has 0 saturated carbocycles. The van der Waals surface area contributed by atoms with Crippen LogP contribution in [0.25, 0.3) is 22.2 Å². The molecular formula is C21H24N2O2. The lowest BCUT2D eigenvalue weighted by atomic mass is 9.99. The van der Waals surface area contributed by atoms with Gasteiger partial charge < -0.3 is 15.1 Å². The fraction of sp³-hybridized carbons (Fsp3) is 0.286. The minimum absolute atomic E-state index is 0.131. The second-order valence-corrected chi connectivity index (χ2v) is 6.14. The molecule has 0 fully saturated rings. The zero-order chi connectivity index (χ0) is 17.8. The summed E-state index contributed by atoms with van der Waals surface area (Å²) in [4.78, 5) is 6.82. The van der Waals surface area contributed by atoms with Crippen molar-refractivity contribution in [3.63, 3.8) is 0 Å². The van der Waals surface area contributed by atoms with Crippen LogP contribution in [0.1, 0.15) is 25.5 Å². The minimum Gasteiger partial charge on any atom is -0.506 e. The monoisotopic (exact) mass is 336 g/mol. The molecule has 0 amide bonds. The van der Waals surface area contributed by atoms with Gasteiger partial charge in [-0.1, -0.05) is 56.3 Å². The van der Waals surface area contributed by atoms with Crippen molar-refractivity contribution in [1.82, 2.24) is 9.88 Å². The Morgan fingerprint density at radius 1 is 1.00 bits per heavy atom. The van der Waals surface area contributed by atoms with Gasteiger partial charge in [0.1, 0.15) is 11.3 Å². The highest BCUT2D eigenvalue weighted by Crippen LogP contribution is 2.33. The average molecular weight is 336 g/mol. The smallest absolute Gasteiger partial charge is 0.141 e. The highest BCUT2D eigenvalue weighted by Gasteiger charge is 2.18. The zero-order valence-electron chi connectivity index (χ0n) is 14.7. The van der Waals surface area contributed by atoms with E-state index >= 15 is 0 Å². The first kappa shape index (κ1) is 17.4. The van der Waals surface area contributed by atoms with Gasteiger partial charge in [-0.05, 0) is 30.8 Å². The lowest BCUT2D eigenvalue weighted by Crippen LogP contribution is -2.28. The molecule has 0 radical (unpaired) electrons. The number of aromatic nitrogens is 1. The third-order valence-corrected chi connectivity index (χ3v) is 4.60. The first-order chi connectivity index (χ1) is 12.1. The topological polar surface area (TPSA) is 56.6 Å². The molecule has 4 nitrogen and oxygen atoms in total. The predicted octanol–water partition coefficient (Wildman–Crippen LogP) is 3.98. The molecule has 0 aliphatic rings. The van der Waals surface area contributed by atoms with E-state index in [0.717, 1.165) is 35.3 Å². The Balaban J connectivity index is 2.14. The number of para-hydroxylation sites is 1. The van der Waals surface area contributed by atoms with Crippen molar-refractivity contribution in [1.29, 1.82) is 0 Å². The van der Waals surface area contributed by atoms with Crippen LogP contribution in [0.2, 0.25) is 0 Å². The lowest BCUT2D eigenvalue weighted by Gasteiger charge is -2.23. The Labute approximate surface area is 148 Å². The van der Waals surface area contributed by atoms with Crippen molar-refractivity contribution in [3.8, 4) is 17.0 Å². The number of nitrogens with zero attached hydrogens (tertiary/aromatic N) is 2. The molecule has 0 spiro atoms. The summed E-state index contributed by atoms with van der Waals surface area (Å²) < 4.78 is 0. The molecule has 1 unspecified atom stereocenters. The molecule has 4 heteroatoms. The standard InChI is InChI=1S/C21H24N2O2/c1-3-23(4-2)14-20(25)17-13-18(15-9-6-5-7-10-15)22-21-16(17)11-8-12-19(21)24/h5-13,20,24-25H,3-4,14H2,1-2H3. The van der Waals surface area contributed by atoms with Crippen LogP contribution in [0.15, 0.2) is 54.6 Å². The van der Waals surface area contributed by atoms with Crippen molar-refractivity contribution >= 4 is 10.9 Å². The van der Waals surface area contributed by atoms with E-state index in [9.17, 15) is 10.2 Å². The normalized spacial score (nSPS) is 12.6.